The van der Waals surface area contributed by atoms with Gasteiger partial charge in [0.25, 0.3) is 10.0 Å². The molecule has 0 spiro atoms. The highest BCUT2D eigenvalue weighted by atomic mass is 35.5. The van der Waals surface area contributed by atoms with Gasteiger partial charge in [0, 0.05) is 18.0 Å². The SMILES string of the molecule is Cc1ccc(S(=O)(=O)N2CCCC2C(=O)NCC2(C)CCNCC2)s1.Cl. The number of halogens is 1. The second-order valence-electron chi connectivity index (χ2n) is 7.42. The Bertz CT molecular complexity index is 729. The van der Waals surface area contributed by atoms with E-state index in [1.54, 1.807) is 12.1 Å². The predicted molar refractivity (Wildman–Crippen MR) is 106 cm³/mol. The van der Waals surface area contributed by atoms with E-state index in [4.69, 9.17) is 0 Å². The molecule has 1 unspecified atom stereocenters. The number of hydrogen-bond donors (Lipinski definition) is 2. The van der Waals surface area contributed by atoms with Crippen molar-refractivity contribution >= 4 is 39.7 Å². The molecule has 2 saturated heterocycles. The fourth-order valence-electron chi connectivity index (χ4n) is 3.58. The van der Waals surface area contributed by atoms with Gasteiger partial charge in [-0.05, 0) is 63.2 Å². The van der Waals surface area contributed by atoms with E-state index >= 15 is 0 Å². The maximum Gasteiger partial charge on any atom is 0.253 e. The molecule has 0 radical (unpaired) electrons. The van der Waals surface area contributed by atoms with Crippen molar-refractivity contribution in [1.29, 1.82) is 0 Å². The molecular weight excluding hydrogens is 394 g/mol. The lowest BCUT2D eigenvalue weighted by atomic mass is 9.81. The number of aryl methyl sites for hydroxylation is 1. The van der Waals surface area contributed by atoms with Crippen LogP contribution >= 0.6 is 23.7 Å². The highest BCUT2D eigenvalue weighted by Crippen LogP contribution is 2.31. The number of nitrogens with one attached hydrogen (secondary N) is 2. The van der Waals surface area contributed by atoms with Crippen LogP contribution in [0, 0.1) is 12.3 Å². The Morgan fingerprint density at radius 1 is 1.38 bits per heavy atom. The van der Waals surface area contributed by atoms with Gasteiger partial charge in [-0.15, -0.1) is 23.7 Å². The molecule has 0 aromatic carbocycles. The van der Waals surface area contributed by atoms with Crippen LogP contribution < -0.4 is 10.6 Å². The fraction of sp³-hybridized carbons (Fsp3) is 0.706. The summed E-state index contributed by atoms with van der Waals surface area (Å²) in [4.78, 5) is 13.7. The van der Waals surface area contributed by atoms with Gasteiger partial charge in [-0.3, -0.25) is 4.79 Å². The second kappa shape index (κ2) is 8.56. The number of hydrogen-bond acceptors (Lipinski definition) is 5. The minimum Gasteiger partial charge on any atom is -0.354 e. The number of carbonyl (C=O) groups excluding carboxylic acids is 1. The Morgan fingerprint density at radius 2 is 2.08 bits per heavy atom. The first-order valence-corrected chi connectivity index (χ1v) is 11.1. The molecule has 3 heterocycles. The molecule has 2 aliphatic heterocycles. The summed E-state index contributed by atoms with van der Waals surface area (Å²) in [6.07, 6.45) is 3.36. The zero-order valence-electron chi connectivity index (χ0n) is 15.3. The number of carbonyl (C=O) groups is 1. The smallest absolute Gasteiger partial charge is 0.253 e. The summed E-state index contributed by atoms with van der Waals surface area (Å²) >= 11 is 1.26. The van der Waals surface area contributed by atoms with E-state index in [1.807, 2.05) is 6.92 Å². The molecular formula is C17H28ClN3O3S2. The van der Waals surface area contributed by atoms with Crippen molar-refractivity contribution < 1.29 is 13.2 Å². The number of piperidine rings is 1. The number of rotatable bonds is 5. The highest BCUT2D eigenvalue weighted by Gasteiger charge is 2.40. The van der Waals surface area contributed by atoms with Crippen LogP contribution in [0.5, 0.6) is 0 Å². The quantitative estimate of drug-likeness (QED) is 0.763. The average Bonchev–Trinajstić information content (AvgIpc) is 3.23. The minimum absolute atomic E-state index is 0. The number of sulfonamides is 1. The van der Waals surface area contributed by atoms with Crippen LogP contribution in [-0.4, -0.2) is 50.9 Å². The summed E-state index contributed by atoms with van der Waals surface area (Å²) in [7, 11) is -3.59. The first-order chi connectivity index (χ1) is 11.8. The molecule has 1 aromatic heterocycles. The van der Waals surface area contributed by atoms with Crippen molar-refractivity contribution in [2.45, 2.75) is 49.8 Å². The molecule has 0 aliphatic carbocycles. The maximum absolute atomic E-state index is 12.9. The third-order valence-corrected chi connectivity index (χ3v) is 8.66. The lowest BCUT2D eigenvalue weighted by Crippen LogP contribution is -2.49. The molecule has 0 saturated carbocycles. The summed E-state index contributed by atoms with van der Waals surface area (Å²) in [6, 6.07) is 2.86. The molecule has 1 amide bonds. The standard InChI is InChI=1S/C17H27N3O3S2.ClH/c1-13-5-6-15(24-13)25(22,23)20-11-3-4-14(20)16(21)19-12-17(2)7-9-18-10-8-17;/h5-6,14,18H,3-4,7-12H2,1-2H3,(H,19,21);1H. The van der Waals surface area contributed by atoms with Crippen molar-refractivity contribution in [1.82, 2.24) is 14.9 Å². The summed E-state index contributed by atoms with van der Waals surface area (Å²) < 4.78 is 27.5. The van der Waals surface area contributed by atoms with E-state index in [2.05, 4.69) is 17.6 Å². The molecule has 3 rings (SSSR count). The van der Waals surface area contributed by atoms with Gasteiger partial charge < -0.3 is 10.6 Å². The topological polar surface area (TPSA) is 78.5 Å². The van der Waals surface area contributed by atoms with Gasteiger partial charge in [0.1, 0.15) is 10.3 Å². The normalized spacial score (nSPS) is 23.4. The molecule has 26 heavy (non-hydrogen) atoms. The van der Waals surface area contributed by atoms with Crippen LogP contribution in [0.1, 0.15) is 37.5 Å². The van der Waals surface area contributed by atoms with Gasteiger partial charge in [-0.25, -0.2) is 8.42 Å². The van der Waals surface area contributed by atoms with E-state index in [0.717, 1.165) is 37.2 Å². The van der Waals surface area contributed by atoms with Crippen LogP contribution in [0.2, 0.25) is 0 Å². The van der Waals surface area contributed by atoms with E-state index < -0.39 is 16.1 Å². The van der Waals surface area contributed by atoms with Crippen molar-refractivity contribution in [2.24, 2.45) is 5.41 Å². The van der Waals surface area contributed by atoms with Gasteiger partial charge >= 0.3 is 0 Å². The Kier molecular flexibility index (Phi) is 7.12. The molecule has 2 fully saturated rings. The molecule has 1 atom stereocenters. The Balaban J connectivity index is 0.00000243. The minimum atomic E-state index is -3.59. The van der Waals surface area contributed by atoms with Gasteiger partial charge in [0.05, 0.1) is 0 Å². The summed E-state index contributed by atoms with van der Waals surface area (Å²) in [6.45, 7) is 7.03. The average molecular weight is 422 g/mol. The van der Waals surface area contributed by atoms with Crippen LogP contribution in [0.4, 0.5) is 0 Å². The fourth-order valence-corrected chi connectivity index (χ4v) is 6.65. The van der Waals surface area contributed by atoms with Gasteiger partial charge in [-0.1, -0.05) is 6.92 Å². The zero-order valence-corrected chi connectivity index (χ0v) is 17.7. The van der Waals surface area contributed by atoms with Crippen LogP contribution in [-0.2, 0) is 14.8 Å². The van der Waals surface area contributed by atoms with Crippen LogP contribution in [0.25, 0.3) is 0 Å². The van der Waals surface area contributed by atoms with E-state index in [-0.39, 0.29) is 23.7 Å². The van der Waals surface area contributed by atoms with Crippen molar-refractivity contribution in [3.05, 3.63) is 17.0 Å². The van der Waals surface area contributed by atoms with Crippen LogP contribution in [0.15, 0.2) is 16.3 Å². The maximum atomic E-state index is 12.9. The lowest BCUT2D eigenvalue weighted by molar-refractivity contribution is -0.124. The molecule has 148 valence electrons. The summed E-state index contributed by atoms with van der Waals surface area (Å²) in [5, 5.41) is 6.35. The van der Waals surface area contributed by atoms with E-state index in [9.17, 15) is 13.2 Å². The van der Waals surface area contributed by atoms with Crippen molar-refractivity contribution in [2.75, 3.05) is 26.2 Å². The number of thiophene rings is 1. The molecule has 1 aromatic rings. The van der Waals surface area contributed by atoms with E-state index in [1.165, 1.54) is 15.6 Å². The Hall–Kier alpha value is -0.670. The van der Waals surface area contributed by atoms with Crippen molar-refractivity contribution in [3.8, 4) is 0 Å². The first kappa shape index (κ1) is 21.6. The summed E-state index contributed by atoms with van der Waals surface area (Å²) in [5.41, 5.74) is 0.0914. The predicted octanol–water partition coefficient (Wildman–Crippen LogP) is 2.14. The van der Waals surface area contributed by atoms with Gasteiger partial charge in [0.15, 0.2) is 0 Å². The molecule has 2 aliphatic rings. The van der Waals surface area contributed by atoms with Crippen LogP contribution in [0.3, 0.4) is 0 Å². The highest BCUT2D eigenvalue weighted by molar-refractivity contribution is 7.91. The molecule has 6 nitrogen and oxygen atoms in total. The second-order valence-corrected chi connectivity index (χ2v) is 10.8. The molecule has 9 heteroatoms. The molecule has 2 N–H and O–H groups in total. The largest absolute Gasteiger partial charge is 0.354 e. The van der Waals surface area contributed by atoms with Gasteiger partial charge in [-0.2, -0.15) is 4.31 Å². The van der Waals surface area contributed by atoms with E-state index in [0.29, 0.717) is 23.7 Å². The number of nitrogens with zero attached hydrogens (tertiary/aromatic N) is 1. The summed E-state index contributed by atoms with van der Waals surface area (Å²) in [5.74, 6) is -0.158. The zero-order chi connectivity index (χ0) is 18.1. The number of amides is 1. The van der Waals surface area contributed by atoms with Gasteiger partial charge in [0.2, 0.25) is 5.91 Å². The third-order valence-electron chi connectivity index (χ3n) is 5.29. The Labute approximate surface area is 166 Å². The molecule has 0 bridgehead atoms. The van der Waals surface area contributed by atoms with Crippen molar-refractivity contribution in [3.63, 3.8) is 0 Å². The third kappa shape index (κ3) is 4.59. The Morgan fingerprint density at radius 3 is 2.69 bits per heavy atom. The first-order valence-electron chi connectivity index (χ1n) is 8.89. The monoisotopic (exact) mass is 421 g/mol. The lowest BCUT2D eigenvalue weighted by Gasteiger charge is -2.34.